The molecule has 0 saturated carbocycles. The van der Waals surface area contributed by atoms with Crippen LogP contribution in [0.3, 0.4) is 0 Å². The zero-order valence-electron chi connectivity index (χ0n) is 17.1. The Morgan fingerprint density at radius 3 is 2.03 bits per heavy atom. The van der Waals surface area contributed by atoms with Crippen LogP contribution in [0, 0.1) is 13.8 Å². The summed E-state index contributed by atoms with van der Waals surface area (Å²) in [7, 11) is 0. The third kappa shape index (κ3) is 5.06. The first-order chi connectivity index (χ1) is 14.0. The average molecular weight is 389 g/mol. The Bertz CT molecular complexity index is 966. The van der Waals surface area contributed by atoms with Gasteiger partial charge in [0.25, 0.3) is 5.91 Å². The van der Waals surface area contributed by atoms with Crippen molar-refractivity contribution in [1.29, 1.82) is 0 Å². The number of carbonyl (C=O) groups excluding carboxylic acids is 1. The second kappa shape index (κ2) is 9.43. The predicted octanol–water partition coefficient (Wildman–Crippen LogP) is 4.32. The van der Waals surface area contributed by atoms with Crippen LogP contribution in [0.1, 0.15) is 41.4 Å². The van der Waals surface area contributed by atoms with E-state index < -0.39 is 0 Å². The fraction of sp³-hybridized carbons (Fsp3) is 0.292. The fourth-order valence-corrected chi connectivity index (χ4v) is 3.15. The van der Waals surface area contributed by atoms with Gasteiger partial charge in [0, 0.05) is 11.1 Å². The molecule has 1 unspecified atom stereocenters. The third-order valence-electron chi connectivity index (χ3n) is 4.85. The van der Waals surface area contributed by atoms with Crippen molar-refractivity contribution < 1.29 is 9.90 Å². The van der Waals surface area contributed by atoms with E-state index in [-0.39, 0.29) is 24.2 Å². The van der Waals surface area contributed by atoms with Crippen LogP contribution in [0.15, 0.2) is 54.7 Å². The van der Waals surface area contributed by atoms with E-state index >= 15 is 0 Å². The van der Waals surface area contributed by atoms with Gasteiger partial charge in [-0.1, -0.05) is 73.0 Å². The standard InChI is InChI=1S/C24H27N3O2/c1-4-5-20(15-28)26-24(29)21-14-25-22(18-10-6-16(2)7-11-18)23(27-21)19-12-8-17(3)9-13-19/h6-14,20,28H,4-5,15H2,1-3H3,(H,26,29). The van der Waals surface area contributed by atoms with E-state index in [9.17, 15) is 9.90 Å². The van der Waals surface area contributed by atoms with Crippen LogP contribution in [0.5, 0.6) is 0 Å². The lowest BCUT2D eigenvalue weighted by Gasteiger charge is -2.16. The highest BCUT2D eigenvalue weighted by Crippen LogP contribution is 2.29. The Kier molecular flexibility index (Phi) is 6.73. The summed E-state index contributed by atoms with van der Waals surface area (Å²) in [6.45, 7) is 5.99. The van der Waals surface area contributed by atoms with Gasteiger partial charge in [-0.2, -0.15) is 0 Å². The van der Waals surface area contributed by atoms with E-state index in [1.807, 2.05) is 69.3 Å². The predicted molar refractivity (Wildman–Crippen MR) is 116 cm³/mol. The lowest BCUT2D eigenvalue weighted by Crippen LogP contribution is -2.37. The largest absolute Gasteiger partial charge is 0.394 e. The van der Waals surface area contributed by atoms with Crippen LogP contribution in [0.25, 0.3) is 22.5 Å². The number of aryl methyl sites for hydroxylation is 2. The van der Waals surface area contributed by atoms with E-state index in [0.29, 0.717) is 12.1 Å². The minimum absolute atomic E-state index is 0.0979. The zero-order chi connectivity index (χ0) is 20.8. The van der Waals surface area contributed by atoms with Gasteiger partial charge < -0.3 is 10.4 Å². The molecule has 1 aromatic heterocycles. The van der Waals surface area contributed by atoms with Crippen LogP contribution >= 0.6 is 0 Å². The van der Waals surface area contributed by atoms with Crippen molar-refractivity contribution in [2.75, 3.05) is 6.61 Å². The van der Waals surface area contributed by atoms with Gasteiger partial charge in [-0.05, 0) is 20.3 Å². The third-order valence-corrected chi connectivity index (χ3v) is 4.85. The van der Waals surface area contributed by atoms with Gasteiger partial charge in [-0.15, -0.1) is 0 Å². The molecule has 29 heavy (non-hydrogen) atoms. The summed E-state index contributed by atoms with van der Waals surface area (Å²) < 4.78 is 0. The molecule has 1 amide bonds. The molecule has 1 heterocycles. The summed E-state index contributed by atoms with van der Waals surface area (Å²) in [6.07, 6.45) is 3.09. The van der Waals surface area contributed by atoms with Crippen LogP contribution in [0.2, 0.25) is 0 Å². The molecule has 0 fully saturated rings. The van der Waals surface area contributed by atoms with Crippen LogP contribution in [0.4, 0.5) is 0 Å². The molecule has 0 radical (unpaired) electrons. The average Bonchev–Trinajstić information content (AvgIpc) is 2.74. The molecule has 3 aromatic rings. The molecule has 0 spiro atoms. The van der Waals surface area contributed by atoms with Crippen molar-refractivity contribution in [3.8, 4) is 22.5 Å². The minimum atomic E-state index is -0.325. The lowest BCUT2D eigenvalue weighted by molar-refractivity contribution is 0.0907. The molecule has 2 N–H and O–H groups in total. The highest BCUT2D eigenvalue weighted by atomic mass is 16.3. The number of aromatic nitrogens is 2. The van der Waals surface area contributed by atoms with Gasteiger partial charge in [0.05, 0.1) is 30.2 Å². The normalized spacial score (nSPS) is 11.9. The van der Waals surface area contributed by atoms with E-state index in [4.69, 9.17) is 0 Å². The Hall–Kier alpha value is -3.05. The summed E-state index contributed by atoms with van der Waals surface area (Å²) >= 11 is 0. The zero-order valence-corrected chi connectivity index (χ0v) is 17.1. The molecule has 150 valence electrons. The van der Waals surface area contributed by atoms with Crippen molar-refractivity contribution >= 4 is 5.91 Å². The second-order valence-corrected chi connectivity index (χ2v) is 7.33. The molecule has 5 nitrogen and oxygen atoms in total. The van der Waals surface area contributed by atoms with Crippen LogP contribution < -0.4 is 5.32 Å². The lowest BCUT2D eigenvalue weighted by atomic mass is 10.0. The highest BCUT2D eigenvalue weighted by Gasteiger charge is 2.18. The number of hydrogen-bond acceptors (Lipinski definition) is 4. The summed E-state index contributed by atoms with van der Waals surface area (Å²) in [4.78, 5) is 21.9. The van der Waals surface area contributed by atoms with Crippen LogP contribution in [-0.2, 0) is 0 Å². The molecular weight excluding hydrogens is 362 g/mol. The van der Waals surface area contributed by atoms with E-state index in [1.165, 1.54) is 11.8 Å². The number of benzene rings is 2. The topological polar surface area (TPSA) is 75.1 Å². The Labute approximate surface area is 171 Å². The second-order valence-electron chi connectivity index (χ2n) is 7.33. The quantitative estimate of drug-likeness (QED) is 0.631. The maximum atomic E-state index is 12.7. The Morgan fingerprint density at radius 2 is 1.52 bits per heavy atom. The Morgan fingerprint density at radius 1 is 0.966 bits per heavy atom. The van der Waals surface area contributed by atoms with Gasteiger partial charge in [0.15, 0.2) is 0 Å². The molecule has 2 aromatic carbocycles. The van der Waals surface area contributed by atoms with Crippen molar-refractivity contribution in [2.24, 2.45) is 0 Å². The molecule has 3 rings (SSSR count). The van der Waals surface area contributed by atoms with Gasteiger partial charge in [0.2, 0.25) is 0 Å². The summed E-state index contributed by atoms with van der Waals surface area (Å²) in [6, 6.07) is 15.8. The van der Waals surface area contributed by atoms with Gasteiger partial charge in [-0.3, -0.25) is 9.78 Å². The van der Waals surface area contributed by atoms with E-state index in [0.717, 1.165) is 28.8 Å². The molecule has 0 aliphatic rings. The first-order valence-corrected chi connectivity index (χ1v) is 9.94. The Balaban J connectivity index is 2.03. The van der Waals surface area contributed by atoms with E-state index in [2.05, 4.69) is 15.3 Å². The molecule has 0 aliphatic carbocycles. The van der Waals surface area contributed by atoms with Crippen molar-refractivity contribution in [1.82, 2.24) is 15.3 Å². The number of aliphatic hydroxyl groups excluding tert-OH is 1. The highest BCUT2D eigenvalue weighted by molar-refractivity contribution is 5.93. The molecule has 0 aliphatic heterocycles. The minimum Gasteiger partial charge on any atom is -0.394 e. The number of rotatable bonds is 7. The van der Waals surface area contributed by atoms with Crippen molar-refractivity contribution in [3.05, 3.63) is 71.5 Å². The van der Waals surface area contributed by atoms with Gasteiger partial charge in [-0.25, -0.2) is 4.98 Å². The molecular formula is C24H27N3O2. The monoisotopic (exact) mass is 389 g/mol. The molecule has 0 bridgehead atoms. The van der Waals surface area contributed by atoms with E-state index in [1.54, 1.807) is 0 Å². The molecule has 5 heteroatoms. The van der Waals surface area contributed by atoms with Gasteiger partial charge >= 0.3 is 0 Å². The number of nitrogens with zero attached hydrogens (tertiary/aromatic N) is 2. The van der Waals surface area contributed by atoms with Crippen molar-refractivity contribution in [2.45, 2.75) is 39.7 Å². The maximum absolute atomic E-state index is 12.7. The fourth-order valence-electron chi connectivity index (χ4n) is 3.15. The first-order valence-electron chi connectivity index (χ1n) is 9.94. The summed E-state index contributed by atoms with van der Waals surface area (Å²) in [5, 5.41) is 12.3. The molecule has 0 saturated heterocycles. The first kappa shape index (κ1) is 20.7. The number of amides is 1. The number of aliphatic hydroxyl groups is 1. The van der Waals surface area contributed by atoms with Gasteiger partial charge in [0.1, 0.15) is 5.69 Å². The number of carbonyl (C=O) groups is 1. The van der Waals surface area contributed by atoms with Crippen LogP contribution in [-0.4, -0.2) is 33.6 Å². The maximum Gasteiger partial charge on any atom is 0.271 e. The summed E-state index contributed by atoms with van der Waals surface area (Å²) in [5.41, 5.74) is 5.81. The summed E-state index contributed by atoms with van der Waals surface area (Å²) in [5.74, 6) is -0.325. The smallest absolute Gasteiger partial charge is 0.271 e. The number of nitrogens with one attached hydrogen (secondary N) is 1. The molecule has 1 atom stereocenters. The number of hydrogen-bond donors (Lipinski definition) is 2. The van der Waals surface area contributed by atoms with Crippen molar-refractivity contribution in [3.63, 3.8) is 0 Å². The SMILES string of the molecule is CCCC(CO)NC(=O)c1cnc(-c2ccc(C)cc2)c(-c2ccc(C)cc2)n1.